The van der Waals surface area contributed by atoms with Crippen LogP contribution in [-0.2, 0) is 0 Å². The van der Waals surface area contributed by atoms with E-state index in [1.165, 1.54) is 64.8 Å². The summed E-state index contributed by atoms with van der Waals surface area (Å²) in [5, 5.41) is 3.71. The van der Waals surface area contributed by atoms with Crippen molar-refractivity contribution in [3.05, 3.63) is 0 Å². The van der Waals surface area contributed by atoms with Crippen LogP contribution in [0, 0.1) is 5.92 Å². The van der Waals surface area contributed by atoms with Crippen molar-refractivity contribution in [3.8, 4) is 0 Å². The molecule has 1 N–H and O–H groups in total. The zero-order valence-electron chi connectivity index (χ0n) is 11.2. The molecule has 3 aliphatic rings. The van der Waals surface area contributed by atoms with Gasteiger partial charge in [-0.3, -0.25) is 4.90 Å². The van der Waals surface area contributed by atoms with Crippen molar-refractivity contribution in [1.82, 2.24) is 15.1 Å². The second kappa shape index (κ2) is 5.25. The van der Waals surface area contributed by atoms with E-state index in [0.29, 0.717) is 0 Å². The van der Waals surface area contributed by atoms with Crippen molar-refractivity contribution in [3.63, 3.8) is 0 Å². The Morgan fingerprint density at radius 2 is 1.88 bits per heavy atom. The Balaban J connectivity index is 1.45. The Kier molecular flexibility index (Phi) is 3.69. The largest absolute Gasteiger partial charge is 0.314 e. The van der Waals surface area contributed by atoms with Crippen LogP contribution in [0.15, 0.2) is 0 Å². The zero-order chi connectivity index (χ0) is 11.7. The van der Waals surface area contributed by atoms with Crippen molar-refractivity contribution in [2.75, 3.05) is 39.8 Å². The molecule has 0 aromatic carbocycles. The van der Waals surface area contributed by atoms with Crippen molar-refractivity contribution in [2.45, 2.75) is 44.2 Å². The van der Waals surface area contributed by atoms with Gasteiger partial charge in [-0.25, -0.2) is 0 Å². The van der Waals surface area contributed by atoms with Crippen molar-refractivity contribution in [1.29, 1.82) is 0 Å². The highest BCUT2D eigenvalue weighted by molar-refractivity contribution is 4.93. The molecule has 0 amide bonds. The van der Waals surface area contributed by atoms with Gasteiger partial charge in [0.2, 0.25) is 0 Å². The van der Waals surface area contributed by atoms with Gasteiger partial charge in [-0.15, -0.1) is 0 Å². The molecule has 17 heavy (non-hydrogen) atoms. The average Bonchev–Trinajstić information content (AvgIpc) is 3.07. The van der Waals surface area contributed by atoms with Gasteiger partial charge in [0, 0.05) is 25.2 Å². The molecular formula is C14H27N3. The summed E-state index contributed by atoms with van der Waals surface area (Å²) in [7, 11) is 2.26. The fourth-order valence-electron chi connectivity index (χ4n) is 3.27. The van der Waals surface area contributed by atoms with Crippen LogP contribution in [0.5, 0.6) is 0 Å². The number of hydrogen-bond acceptors (Lipinski definition) is 3. The normalized spacial score (nSPS) is 36.5. The average molecular weight is 237 g/mol. The van der Waals surface area contributed by atoms with E-state index in [4.69, 9.17) is 0 Å². The van der Waals surface area contributed by atoms with Crippen LogP contribution in [0.1, 0.15) is 32.1 Å². The van der Waals surface area contributed by atoms with E-state index in [1.54, 1.807) is 0 Å². The van der Waals surface area contributed by atoms with E-state index < -0.39 is 0 Å². The molecular weight excluding hydrogens is 210 g/mol. The van der Waals surface area contributed by atoms with Gasteiger partial charge in [-0.1, -0.05) is 0 Å². The molecule has 3 nitrogen and oxygen atoms in total. The first-order valence-corrected chi connectivity index (χ1v) is 7.49. The molecule has 2 unspecified atom stereocenters. The van der Waals surface area contributed by atoms with Crippen LogP contribution >= 0.6 is 0 Å². The summed E-state index contributed by atoms with van der Waals surface area (Å²) >= 11 is 0. The highest BCUT2D eigenvalue weighted by atomic mass is 15.2. The number of rotatable bonds is 4. The maximum Gasteiger partial charge on any atom is 0.0136 e. The molecule has 3 rings (SSSR count). The SMILES string of the molecule is CN1CCCN(C2CCC2CNC2CC2)CC1. The smallest absolute Gasteiger partial charge is 0.0136 e. The van der Waals surface area contributed by atoms with Crippen LogP contribution in [0.3, 0.4) is 0 Å². The Hall–Kier alpha value is -0.120. The highest BCUT2D eigenvalue weighted by Gasteiger charge is 2.36. The van der Waals surface area contributed by atoms with Gasteiger partial charge < -0.3 is 10.2 Å². The molecule has 98 valence electrons. The van der Waals surface area contributed by atoms with E-state index in [0.717, 1.165) is 18.0 Å². The molecule has 3 fully saturated rings. The minimum atomic E-state index is 0.881. The Bertz CT molecular complexity index is 252. The monoisotopic (exact) mass is 237 g/mol. The summed E-state index contributed by atoms with van der Waals surface area (Å²) in [5.41, 5.74) is 0. The molecule has 3 heteroatoms. The molecule has 2 atom stereocenters. The molecule has 0 aromatic rings. The Morgan fingerprint density at radius 1 is 1.00 bits per heavy atom. The molecule has 0 spiro atoms. The molecule has 1 aliphatic heterocycles. The minimum Gasteiger partial charge on any atom is -0.314 e. The topological polar surface area (TPSA) is 18.5 Å². The predicted molar refractivity (Wildman–Crippen MR) is 71.2 cm³/mol. The Labute approximate surface area is 106 Å². The van der Waals surface area contributed by atoms with Gasteiger partial charge in [0.05, 0.1) is 0 Å². The quantitative estimate of drug-likeness (QED) is 0.791. The lowest BCUT2D eigenvalue weighted by Gasteiger charge is -2.44. The summed E-state index contributed by atoms with van der Waals surface area (Å²) in [6.45, 7) is 6.45. The Morgan fingerprint density at radius 3 is 2.59 bits per heavy atom. The molecule has 1 heterocycles. The summed E-state index contributed by atoms with van der Waals surface area (Å²) in [6.07, 6.45) is 7.10. The molecule has 2 saturated carbocycles. The van der Waals surface area contributed by atoms with Crippen molar-refractivity contribution >= 4 is 0 Å². The standard InChI is InChI=1S/C14H27N3/c1-16-7-2-8-17(10-9-16)14-6-3-12(14)11-15-13-4-5-13/h12-15H,2-11H2,1H3. The fraction of sp³-hybridized carbons (Fsp3) is 1.00. The van der Waals surface area contributed by atoms with Crippen LogP contribution < -0.4 is 5.32 Å². The lowest BCUT2D eigenvalue weighted by Crippen LogP contribution is -2.51. The van der Waals surface area contributed by atoms with Gasteiger partial charge in [0.1, 0.15) is 0 Å². The highest BCUT2D eigenvalue weighted by Crippen LogP contribution is 2.33. The predicted octanol–water partition coefficient (Wildman–Crippen LogP) is 1.15. The lowest BCUT2D eigenvalue weighted by atomic mass is 9.78. The third-order valence-electron chi connectivity index (χ3n) is 4.85. The third kappa shape index (κ3) is 3.01. The number of nitrogens with zero attached hydrogens (tertiary/aromatic N) is 2. The van der Waals surface area contributed by atoms with Crippen molar-refractivity contribution < 1.29 is 0 Å². The van der Waals surface area contributed by atoms with E-state index in [2.05, 4.69) is 22.2 Å². The second-order valence-electron chi connectivity index (χ2n) is 6.28. The summed E-state index contributed by atoms with van der Waals surface area (Å²) in [6, 6.07) is 1.78. The molecule has 1 saturated heterocycles. The molecule has 0 radical (unpaired) electrons. The zero-order valence-corrected chi connectivity index (χ0v) is 11.2. The third-order valence-corrected chi connectivity index (χ3v) is 4.85. The van der Waals surface area contributed by atoms with Crippen LogP contribution in [-0.4, -0.2) is 61.7 Å². The van der Waals surface area contributed by atoms with Crippen LogP contribution in [0.2, 0.25) is 0 Å². The molecule has 2 aliphatic carbocycles. The fourth-order valence-corrected chi connectivity index (χ4v) is 3.27. The van der Waals surface area contributed by atoms with E-state index >= 15 is 0 Å². The first kappa shape index (κ1) is 11.9. The van der Waals surface area contributed by atoms with Gasteiger partial charge in [0.25, 0.3) is 0 Å². The van der Waals surface area contributed by atoms with E-state index in [9.17, 15) is 0 Å². The van der Waals surface area contributed by atoms with E-state index in [1.807, 2.05) is 0 Å². The number of nitrogens with one attached hydrogen (secondary N) is 1. The molecule has 0 bridgehead atoms. The first-order valence-electron chi connectivity index (χ1n) is 7.49. The number of likely N-dealkylation sites (N-methyl/N-ethyl adjacent to an activating group) is 1. The van der Waals surface area contributed by atoms with Crippen LogP contribution in [0.4, 0.5) is 0 Å². The summed E-state index contributed by atoms with van der Waals surface area (Å²) in [5.74, 6) is 0.944. The summed E-state index contributed by atoms with van der Waals surface area (Å²) < 4.78 is 0. The molecule has 0 aromatic heterocycles. The van der Waals surface area contributed by atoms with Gasteiger partial charge in [-0.05, 0) is 64.7 Å². The van der Waals surface area contributed by atoms with Gasteiger partial charge in [0.15, 0.2) is 0 Å². The van der Waals surface area contributed by atoms with Crippen LogP contribution in [0.25, 0.3) is 0 Å². The maximum absolute atomic E-state index is 3.71. The second-order valence-corrected chi connectivity index (χ2v) is 6.28. The first-order chi connectivity index (χ1) is 8.33. The minimum absolute atomic E-state index is 0.881. The summed E-state index contributed by atoms with van der Waals surface area (Å²) in [4.78, 5) is 5.25. The lowest BCUT2D eigenvalue weighted by molar-refractivity contribution is 0.0651. The van der Waals surface area contributed by atoms with Gasteiger partial charge in [-0.2, -0.15) is 0 Å². The number of hydrogen-bond donors (Lipinski definition) is 1. The van der Waals surface area contributed by atoms with Gasteiger partial charge >= 0.3 is 0 Å². The maximum atomic E-state index is 3.71. The van der Waals surface area contributed by atoms with E-state index in [-0.39, 0.29) is 0 Å². The van der Waals surface area contributed by atoms with Crippen molar-refractivity contribution in [2.24, 2.45) is 5.92 Å².